The zero-order valence-corrected chi connectivity index (χ0v) is 23.2. The highest BCUT2D eigenvalue weighted by atomic mass is 19.1. The lowest BCUT2D eigenvalue weighted by Crippen LogP contribution is -2.29. The van der Waals surface area contributed by atoms with Crippen molar-refractivity contribution in [2.75, 3.05) is 0 Å². The summed E-state index contributed by atoms with van der Waals surface area (Å²) in [7, 11) is 1.89. The van der Waals surface area contributed by atoms with Crippen LogP contribution in [0, 0.1) is 19.7 Å². The number of carbonyl (C=O) groups excluding carboxylic acids is 1. The predicted molar refractivity (Wildman–Crippen MR) is 151 cm³/mol. The summed E-state index contributed by atoms with van der Waals surface area (Å²) < 4.78 is 16.9. The number of hydrogen-bond acceptors (Lipinski definition) is 4. The number of benzene rings is 2. The molecule has 1 N–H and O–H groups in total. The molecule has 2 aromatic carbocycles. The molecule has 0 fully saturated rings. The number of aromatic nitrogens is 5. The first-order chi connectivity index (χ1) is 18.7. The molecule has 3 aromatic heterocycles. The van der Waals surface area contributed by atoms with Crippen LogP contribution in [0.5, 0.6) is 0 Å². The van der Waals surface area contributed by atoms with Crippen LogP contribution in [0.3, 0.4) is 0 Å². The zero-order valence-electron chi connectivity index (χ0n) is 23.2. The molecule has 0 aliphatic carbocycles. The molecule has 0 saturated heterocycles. The molecule has 39 heavy (non-hydrogen) atoms. The number of nitrogens with zero attached hydrogens (tertiary/aromatic N) is 5. The lowest BCUT2D eigenvalue weighted by molar-refractivity contribution is 0.0932. The first-order valence-electron chi connectivity index (χ1n) is 13.2. The normalized spacial score (nSPS) is 13.0. The molecule has 0 radical (unpaired) electrons. The molecule has 0 spiro atoms. The van der Waals surface area contributed by atoms with Crippen molar-refractivity contribution in [2.45, 2.75) is 53.0 Å². The fourth-order valence-electron chi connectivity index (χ4n) is 4.87. The van der Waals surface area contributed by atoms with Crippen molar-refractivity contribution >= 4 is 11.6 Å². The monoisotopic (exact) mass is 524 g/mol. The Kier molecular flexibility index (Phi) is 7.04. The van der Waals surface area contributed by atoms with Crippen LogP contribution in [-0.2, 0) is 7.05 Å². The Balaban J connectivity index is 1.56. The van der Waals surface area contributed by atoms with Crippen molar-refractivity contribution < 1.29 is 9.18 Å². The molecule has 3 heterocycles. The highest BCUT2D eigenvalue weighted by Crippen LogP contribution is 2.29. The van der Waals surface area contributed by atoms with Crippen LogP contribution in [-0.4, -0.2) is 30.3 Å². The second kappa shape index (κ2) is 10.4. The average molecular weight is 525 g/mol. The van der Waals surface area contributed by atoms with E-state index >= 15 is 0 Å². The SMILES string of the molecule is CC[C@H](C)c1ccc([C@@H](C)NC(=O)c2cc(-c3c(C)nn(C)c3C)nc3cc(-c4ccc(F)cc4)nn23)cc1. The van der Waals surface area contributed by atoms with Crippen LogP contribution in [0.4, 0.5) is 4.39 Å². The van der Waals surface area contributed by atoms with Crippen LogP contribution in [0.2, 0.25) is 0 Å². The van der Waals surface area contributed by atoms with Crippen LogP contribution in [0.25, 0.3) is 28.2 Å². The van der Waals surface area contributed by atoms with Crippen LogP contribution in [0.1, 0.15) is 72.2 Å². The van der Waals surface area contributed by atoms with Crippen LogP contribution in [0.15, 0.2) is 60.7 Å². The molecular formula is C31H33FN6O. The predicted octanol–water partition coefficient (Wildman–Crippen LogP) is 6.56. The molecule has 5 rings (SSSR count). The number of aryl methyl sites for hydroxylation is 2. The third-order valence-corrected chi connectivity index (χ3v) is 7.53. The summed E-state index contributed by atoms with van der Waals surface area (Å²) in [5, 5.41) is 12.4. The summed E-state index contributed by atoms with van der Waals surface area (Å²) in [6, 6.07) is 17.9. The summed E-state index contributed by atoms with van der Waals surface area (Å²) in [6.07, 6.45) is 1.08. The molecule has 0 saturated carbocycles. The summed E-state index contributed by atoms with van der Waals surface area (Å²) in [6.45, 7) is 10.3. The number of rotatable bonds is 7. The second-order valence-electron chi connectivity index (χ2n) is 10.2. The Hall–Kier alpha value is -4.33. The van der Waals surface area contributed by atoms with Gasteiger partial charge < -0.3 is 5.32 Å². The smallest absolute Gasteiger partial charge is 0.270 e. The van der Waals surface area contributed by atoms with E-state index in [9.17, 15) is 9.18 Å². The third-order valence-electron chi connectivity index (χ3n) is 7.53. The minimum absolute atomic E-state index is 0.218. The van der Waals surface area contributed by atoms with E-state index in [2.05, 4.69) is 53.6 Å². The first kappa shape index (κ1) is 26.3. The molecule has 8 heteroatoms. The summed E-state index contributed by atoms with van der Waals surface area (Å²) in [4.78, 5) is 18.6. The minimum Gasteiger partial charge on any atom is -0.344 e. The Morgan fingerprint density at radius 2 is 1.62 bits per heavy atom. The van der Waals surface area contributed by atoms with E-state index in [0.29, 0.717) is 28.6 Å². The quantitative estimate of drug-likeness (QED) is 0.262. The molecule has 1 amide bonds. The topological polar surface area (TPSA) is 77.1 Å². The maximum absolute atomic E-state index is 13.7. The van der Waals surface area contributed by atoms with Gasteiger partial charge in [0, 0.05) is 29.9 Å². The number of carbonyl (C=O) groups is 1. The van der Waals surface area contributed by atoms with Crippen molar-refractivity contribution in [1.29, 1.82) is 0 Å². The van der Waals surface area contributed by atoms with Gasteiger partial charge in [-0.3, -0.25) is 9.48 Å². The maximum atomic E-state index is 13.7. The summed E-state index contributed by atoms with van der Waals surface area (Å²) >= 11 is 0. The van der Waals surface area contributed by atoms with E-state index in [1.165, 1.54) is 17.7 Å². The Labute approximate surface area is 227 Å². The Morgan fingerprint density at radius 3 is 2.23 bits per heavy atom. The average Bonchev–Trinajstić information content (AvgIpc) is 3.47. The van der Waals surface area contributed by atoms with Gasteiger partial charge >= 0.3 is 0 Å². The molecule has 0 aliphatic rings. The van der Waals surface area contributed by atoms with E-state index in [0.717, 1.165) is 34.5 Å². The van der Waals surface area contributed by atoms with E-state index in [4.69, 9.17) is 4.98 Å². The third kappa shape index (κ3) is 5.06. The maximum Gasteiger partial charge on any atom is 0.270 e. The highest BCUT2D eigenvalue weighted by molar-refractivity contribution is 5.95. The number of halogens is 1. The van der Waals surface area contributed by atoms with Gasteiger partial charge in [0.15, 0.2) is 5.65 Å². The second-order valence-corrected chi connectivity index (χ2v) is 10.2. The molecule has 2 atom stereocenters. The molecule has 0 aliphatic heterocycles. The fourth-order valence-corrected chi connectivity index (χ4v) is 4.87. The number of amides is 1. The van der Waals surface area contributed by atoms with E-state index < -0.39 is 0 Å². The highest BCUT2D eigenvalue weighted by Gasteiger charge is 2.22. The fraction of sp³-hybridized carbons (Fsp3) is 0.290. The van der Waals surface area contributed by atoms with Gasteiger partial charge in [0.25, 0.3) is 5.91 Å². The van der Waals surface area contributed by atoms with Crippen LogP contribution >= 0.6 is 0 Å². The van der Waals surface area contributed by atoms with E-state index in [-0.39, 0.29) is 17.8 Å². The van der Waals surface area contributed by atoms with Crippen molar-refractivity contribution in [3.8, 4) is 22.5 Å². The minimum atomic E-state index is -0.323. The molecule has 5 aromatic rings. The summed E-state index contributed by atoms with van der Waals surface area (Å²) in [5.41, 5.74) is 7.81. The lowest BCUT2D eigenvalue weighted by atomic mass is 9.96. The van der Waals surface area contributed by atoms with E-state index in [1.54, 1.807) is 22.7 Å². The Bertz CT molecular complexity index is 1650. The van der Waals surface area contributed by atoms with Gasteiger partial charge in [0.2, 0.25) is 0 Å². The number of nitrogens with one attached hydrogen (secondary N) is 1. The van der Waals surface area contributed by atoms with Gasteiger partial charge in [-0.15, -0.1) is 0 Å². The van der Waals surface area contributed by atoms with Crippen molar-refractivity contribution in [1.82, 2.24) is 29.7 Å². The van der Waals surface area contributed by atoms with Gasteiger partial charge in [-0.1, -0.05) is 38.1 Å². The molecular weight excluding hydrogens is 491 g/mol. The molecule has 0 unspecified atom stereocenters. The Morgan fingerprint density at radius 1 is 0.949 bits per heavy atom. The largest absolute Gasteiger partial charge is 0.344 e. The van der Waals surface area contributed by atoms with E-state index in [1.807, 2.05) is 38.6 Å². The first-order valence-corrected chi connectivity index (χ1v) is 13.2. The summed E-state index contributed by atoms with van der Waals surface area (Å²) in [5.74, 6) is -0.103. The van der Waals surface area contributed by atoms with Crippen molar-refractivity contribution in [3.63, 3.8) is 0 Å². The molecule has 200 valence electrons. The van der Waals surface area contributed by atoms with Gasteiger partial charge in [-0.25, -0.2) is 13.9 Å². The van der Waals surface area contributed by atoms with Gasteiger partial charge in [0.1, 0.15) is 11.5 Å². The van der Waals surface area contributed by atoms with Gasteiger partial charge in [-0.2, -0.15) is 10.2 Å². The van der Waals surface area contributed by atoms with Crippen molar-refractivity contribution in [2.24, 2.45) is 7.05 Å². The zero-order chi connectivity index (χ0) is 27.8. The standard InChI is InChI=1S/C31H33FN6O/c1-7-18(2)22-8-10-23(11-9-22)19(3)33-31(39)28-16-27(30-20(4)35-37(6)21(30)5)34-29-17-26(36-38(28)29)24-12-14-25(32)15-13-24/h8-19H,7H2,1-6H3,(H,33,39)/t18-,19+/m0/s1. The van der Waals surface area contributed by atoms with Gasteiger partial charge in [-0.05, 0) is 74.6 Å². The van der Waals surface area contributed by atoms with Crippen molar-refractivity contribution in [3.05, 3.63) is 94.7 Å². The number of hydrogen-bond donors (Lipinski definition) is 1. The number of fused-ring (bicyclic) bond motifs is 1. The van der Waals surface area contributed by atoms with Gasteiger partial charge in [0.05, 0.1) is 23.1 Å². The molecule has 0 bridgehead atoms. The molecule has 7 nitrogen and oxygen atoms in total. The lowest BCUT2D eigenvalue weighted by Gasteiger charge is -2.17. The van der Waals surface area contributed by atoms with Crippen LogP contribution < -0.4 is 5.32 Å².